The van der Waals surface area contributed by atoms with Crippen LogP contribution in [-0.4, -0.2) is 30.3 Å². The standard InChI is InChI=1S/C13H16N2O3S/c1-3-18-13(17)8(2)15-10-6-9(14)4-5-11(10)19-7-12(15)16/h4-6,8H,3,7,14H2,1-2H3. The molecule has 0 radical (unpaired) electrons. The highest BCUT2D eigenvalue weighted by Gasteiger charge is 2.33. The lowest BCUT2D eigenvalue weighted by molar-refractivity contribution is -0.145. The van der Waals surface area contributed by atoms with Gasteiger partial charge in [0, 0.05) is 10.6 Å². The molecule has 0 saturated heterocycles. The Morgan fingerprint density at radius 3 is 3.00 bits per heavy atom. The lowest BCUT2D eigenvalue weighted by Crippen LogP contribution is -2.46. The van der Waals surface area contributed by atoms with Crippen molar-refractivity contribution in [3.05, 3.63) is 18.2 Å². The summed E-state index contributed by atoms with van der Waals surface area (Å²) in [5, 5.41) is 0. The van der Waals surface area contributed by atoms with E-state index in [-0.39, 0.29) is 5.91 Å². The van der Waals surface area contributed by atoms with Gasteiger partial charge in [-0.15, -0.1) is 11.8 Å². The number of nitrogens with zero attached hydrogens (tertiary/aromatic N) is 1. The maximum atomic E-state index is 12.1. The van der Waals surface area contributed by atoms with Crippen molar-refractivity contribution in [1.82, 2.24) is 0 Å². The van der Waals surface area contributed by atoms with Gasteiger partial charge in [-0.05, 0) is 32.0 Å². The van der Waals surface area contributed by atoms with Crippen molar-refractivity contribution in [2.24, 2.45) is 0 Å². The normalized spacial score (nSPS) is 15.9. The zero-order valence-electron chi connectivity index (χ0n) is 10.9. The van der Waals surface area contributed by atoms with Gasteiger partial charge in [-0.1, -0.05) is 0 Å². The predicted octanol–water partition coefficient (Wildman–Crippen LogP) is 1.66. The highest BCUT2D eigenvalue weighted by atomic mass is 32.2. The molecule has 0 spiro atoms. The van der Waals surface area contributed by atoms with Gasteiger partial charge < -0.3 is 10.5 Å². The zero-order chi connectivity index (χ0) is 14.0. The van der Waals surface area contributed by atoms with Gasteiger partial charge in [0.15, 0.2) is 0 Å². The van der Waals surface area contributed by atoms with Crippen molar-refractivity contribution < 1.29 is 14.3 Å². The van der Waals surface area contributed by atoms with Crippen molar-refractivity contribution >= 4 is 35.0 Å². The molecule has 19 heavy (non-hydrogen) atoms. The zero-order valence-corrected chi connectivity index (χ0v) is 11.7. The molecule has 1 aliphatic rings. The van der Waals surface area contributed by atoms with Gasteiger partial charge >= 0.3 is 5.97 Å². The fourth-order valence-corrected chi connectivity index (χ4v) is 2.87. The van der Waals surface area contributed by atoms with E-state index in [1.54, 1.807) is 26.0 Å². The van der Waals surface area contributed by atoms with Gasteiger partial charge in [0.25, 0.3) is 0 Å². The lowest BCUT2D eigenvalue weighted by atomic mass is 10.2. The van der Waals surface area contributed by atoms with E-state index in [1.807, 2.05) is 6.07 Å². The van der Waals surface area contributed by atoms with Gasteiger partial charge in [0.2, 0.25) is 5.91 Å². The van der Waals surface area contributed by atoms with E-state index in [9.17, 15) is 9.59 Å². The van der Waals surface area contributed by atoms with Crippen LogP contribution in [0.25, 0.3) is 0 Å². The van der Waals surface area contributed by atoms with E-state index in [2.05, 4.69) is 0 Å². The number of ether oxygens (including phenoxy) is 1. The summed E-state index contributed by atoms with van der Waals surface area (Å²) in [5.41, 5.74) is 7.01. The molecule has 1 aliphatic heterocycles. The number of anilines is 2. The first kappa shape index (κ1) is 13.7. The van der Waals surface area contributed by atoms with Crippen molar-refractivity contribution in [3.63, 3.8) is 0 Å². The SMILES string of the molecule is CCOC(=O)C(C)N1C(=O)CSc2ccc(N)cc21. The molecule has 0 aliphatic carbocycles. The molecule has 1 amide bonds. The molecule has 1 heterocycles. The smallest absolute Gasteiger partial charge is 0.328 e. The molecule has 0 bridgehead atoms. The molecule has 2 rings (SSSR count). The summed E-state index contributed by atoms with van der Waals surface area (Å²) >= 11 is 1.45. The molecular formula is C13H16N2O3S. The van der Waals surface area contributed by atoms with Crippen LogP contribution in [0.1, 0.15) is 13.8 Å². The molecule has 1 unspecified atom stereocenters. The molecule has 1 aromatic rings. The fraction of sp³-hybridized carbons (Fsp3) is 0.385. The number of carbonyl (C=O) groups is 2. The van der Waals surface area contributed by atoms with Crippen LogP contribution in [-0.2, 0) is 14.3 Å². The van der Waals surface area contributed by atoms with Crippen molar-refractivity contribution in [2.45, 2.75) is 24.8 Å². The molecule has 0 saturated carbocycles. The molecule has 102 valence electrons. The monoisotopic (exact) mass is 280 g/mol. The minimum Gasteiger partial charge on any atom is -0.464 e. The van der Waals surface area contributed by atoms with E-state index >= 15 is 0 Å². The average Bonchev–Trinajstić information content (AvgIpc) is 2.38. The number of hydrogen-bond acceptors (Lipinski definition) is 5. The van der Waals surface area contributed by atoms with Crippen LogP contribution in [0.3, 0.4) is 0 Å². The summed E-state index contributed by atoms with van der Waals surface area (Å²) < 4.78 is 4.98. The summed E-state index contributed by atoms with van der Waals surface area (Å²) in [4.78, 5) is 26.3. The third-order valence-corrected chi connectivity index (χ3v) is 3.92. The minimum atomic E-state index is -0.645. The minimum absolute atomic E-state index is 0.108. The van der Waals surface area contributed by atoms with Crippen LogP contribution in [0.4, 0.5) is 11.4 Å². The molecule has 0 fully saturated rings. The molecule has 6 heteroatoms. The summed E-state index contributed by atoms with van der Waals surface area (Å²) in [6.45, 7) is 3.70. The Kier molecular flexibility index (Phi) is 3.99. The maximum Gasteiger partial charge on any atom is 0.328 e. The summed E-state index contributed by atoms with van der Waals surface area (Å²) in [7, 11) is 0. The van der Waals surface area contributed by atoms with Crippen LogP contribution in [0.15, 0.2) is 23.1 Å². The summed E-state index contributed by atoms with van der Waals surface area (Å²) in [6, 6.07) is 4.73. The maximum absolute atomic E-state index is 12.1. The second-order valence-corrected chi connectivity index (χ2v) is 5.22. The van der Waals surface area contributed by atoms with Gasteiger partial charge in [0.05, 0.1) is 18.0 Å². The Balaban J connectivity index is 2.37. The van der Waals surface area contributed by atoms with Crippen molar-refractivity contribution in [1.29, 1.82) is 0 Å². The number of benzene rings is 1. The molecule has 0 aromatic heterocycles. The Hall–Kier alpha value is -1.69. The second-order valence-electron chi connectivity index (χ2n) is 4.21. The third-order valence-electron chi connectivity index (χ3n) is 2.88. The Morgan fingerprint density at radius 2 is 2.32 bits per heavy atom. The number of carbonyl (C=O) groups excluding carboxylic acids is 2. The molecule has 5 nitrogen and oxygen atoms in total. The van der Waals surface area contributed by atoms with Gasteiger partial charge in [0.1, 0.15) is 6.04 Å². The van der Waals surface area contributed by atoms with Crippen LogP contribution in [0.2, 0.25) is 0 Å². The topological polar surface area (TPSA) is 72.6 Å². The van der Waals surface area contributed by atoms with Gasteiger partial charge in [-0.2, -0.15) is 0 Å². The van der Waals surface area contributed by atoms with Crippen molar-refractivity contribution in [3.8, 4) is 0 Å². The number of thioether (sulfide) groups is 1. The first-order valence-electron chi connectivity index (χ1n) is 6.05. The van der Waals surface area contributed by atoms with Gasteiger partial charge in [-0.25, -0.2) is 4.79 Å². The number of amides is 1. The fourth-order valence-electron chi connectivity index (χ4n) is 1.98. The first-order valence-corrected chi connectivity index (χ1v) is 7.04. The largest absolute Gasteiger partial charge is 0.464 e. The van der Waals surface area contributed by atoms with E-state index in [4.69, 9.17) is 10.5 Å². The Labute approximate surface area is 116 Å². The predicted molar refractivity (Wildman–Crippen MR) is 75.2 cm³/mol. The van der Waals surface area contributed by atoms with Crippen LogP contribution >= 0.6 is 11.8 Å². The molecule has 1 atom stereocenters. The highest BCUT2D eigenvalue weighted by molar-refractivity contribution is 8.00. The van der Waals surface area contributed by atoms with E-state index in [0.29, 0.717) is 23.7 Å². The van der Waals surface area contributed by atoms with Crippen LogP contribution in [0.5, 0.6) is 0 Å². The molecule has 2 N–H and O–H groups in total. The van der Waals surface area contributed by atoms with Gasteiger partial charge in [-0.3, -0.25) is 9.69 Å². The van der Waals surface area contributed by atoms with E-state index in [1.165, 1.54) is 16.7 Å². The van der Waals surface area contributed by atoms with Crippen LogP contribution in [0, 0.1) is 0 Å². The Bertz CT molecular complexity index is 519. The quantitative estimate of drug-likeness (QED) is 0.673. The number of nitrogen functional groups attached to an aromatic ring is 1. The second kappa shape index (κ2) is 5.52. The number of nitrogens with two attached hydrogens (primary N) is 1. The molecule has 1 aromatic carbocycles. The molecular weight excluding hydrogens is 264 g/mol. The Morgan fingerprint density at radius 1 is 1.58 bits per heavy atom. The number of hydrogen-bond donors (Lipinski definition) is 1. The lowest BCUT2D eigenvalue weighted by Gasteiger charge is -2.32. The summed E-state index contributed by atoms with van der Waals surface area (Å²) in [6.07, 6.45) is 0. The highest BCUT2D eigenvalue weighted by Crippen LogP contribution is 2.37. The van der Waals surface area contributed by atoms with Crippen molar-refractivity contribution in [2.75, 3.05) is 23.0 Å². The number of fused-ring (bicyclic) bond motifs is 1. The first-order chi connectivity index (χ1) is 9.04. The van der Waals surface area contributed by atoms with E-state index < -0.39 is 12.0 Å². The number of esters is 1. The summed E-state index contributed by atoms with van der Waals surface area (Å²) in [5.74, 6) is -0.194. The number of rotatable bonds is 3. The third kappa shape index (κ3) is 2.68. The van der Waals surface area contributed by atoms with Crippen LogP contribution < -0.4 is 10.6 Å². The average molecular weight is 280 g/mol. The van der Waals surface area contributed by atoms with E-state index in [0.717, 1.165) is 4.90 Å².